The van der Waals surface area contributed by atoms with E-state index in [9.17, 15) is 4.39 Å². The van der Waals surface area contributed by atoms with E-state index in [1.165, 1.54) is 6.07 Å². The molecule has 0 amide bonds. The van der Waals surface area contributed by atoms with Gasteiger partial charge in [0.15, 0.2) is 11.6 Å². The summed E-state index contributed by atoms with van der Waals surface area (Å²) in [7, 11) is 0. The Morgan fingerprint density at radius 2 is 1.75 bits per heavy atom. The maximum absolute atomic E-state index is 13.7. The molecule has 0 saturated heterocycles. The Kier molecular flexibility index (Phi) is 5.57. The molecule has 0 bridgehead atoms. The minimum atomic E-state index is -0.384. The average Bonchev–Trinajstić information content (AvgIpc) is 2.43. The summed E-state index contributed by atoms with van der Waals surface area (Å²) in [5.41, 5.74) is 0.973. The zero-order chi connectivity index (χ0) is 14.5. The highest BCUT2D eigenvalue weighted by atomic mass is 79.9. The highest BCUT2D eigenvalue weighted by Gasteiger charge is 2.09. The van der Waals surface area contributed by atoms with Gasteiger partial charge in [-0.15, -0.1) is 0 Å². The fraction of sp³-hybridized carbons (Fsp3) is 0.200. The molecular weight excluding hydrogens is 389 g/mol. The number of ether oxygens (including phenoxy) is 1. The second kappa shape index (κ2) is 7.20. The van der Waals surface area contributed by atoms with Gasteiger partial charge < -0.3 is 10.1 Å². The number of hydrogen-bond donors (Lipinski definition) is 1. The van der Waals surface area contributed by atoms with Crippen LogP contribution in [0.5, 0.6) is 11.5 Å². The van der Waals surface area contributed by atoms with Gasteiger partial charge in [-0.25, -0.2) is 4.39 Å². The first-order valence-electron chi connectivity index (χ1n) is 6.22. The average molecular weight is 403 g/mol. The van der Waals surface area contributed by atoms with Gasteiger partial charge in [-0.05, 0) is 42.9 Å². The summed E-state index contributed by atoms with van der Waals surface area (Å²) >= 11 is 6.75. The molecule has 0 radical (unpaired) electrons. The molecule has 1 N–H and O–H groups in total. The molecular formula is C15H14Br2FNO. The number of halogens is 3. The summed E-state index contributed by atoms with van der Waals surface area (Å²) in [6, 6.07) is 10.3. The minimum absolute atomic E-state index is 0.208. The highest BCUT2D eigenvalue weighted by Crippen LogP contribution is 2.31. The van der Waals surface area contributed by atoms with E-state index in [-0.39, 0.29) is 11.6 Å². The van der Waals surface area contributed by atoms with E-state index in [2.05, 4.69) is 37.2 Å². The van der Waals surface area contributed by atoms with E-state index < -0.39 is 0 Å². The minimum Gasteiger partial charge on any atom is -0.454 e. The molecule has 20 heavy (non-hydrogen) atoms. The van der Waals surface area contributed by atoms with Crippen LogP contribution in [-0.2, 0) is 6.54 Å². The molecule has 0 aromatic heterocycles. The Labute approximate surface area is 134 Å². The summed E-state index contributed by atoms with van der Waals surface area (Å²) in [6.45, 7) is 3.56. The van der Waals surface area contributed by atoms with E-state index >= 15 is 0 Å². The SMILES string of the molecule is CCNCc1cc(Br)ccc1Oc1cc(Br)ccc1F. The lowest BCUT2D eigenvalue weighted by molar-refractivity contribution is 0.435. The normalized spacial score (nSPS) is 10.6. The second-order valence-corrected chi connectivity index (χ2v) is 6.04. The van der Waals surface area contributed by atoms with Crippen LogP contribution in [0, 0.1) is 5.82 Å². The van der Waals surface area contributed by atoms with E-state index in [4.69, 9.17) is 4.74 Å². The molecule has 0 heterocycles. The lowest BCUT2D eigenvalue weighted by atomic mass is 10.2. The van der Waals surface area contributed by atoms with Crippen LogP contribution in [0.25, 0.3) is 0 Å². The predicted molar refractivity (Wildman–Crippen MR) is 85.7 cm³/mol. The van der Waals surface area contributed by atoms with Gasteiger partial charge in [0.2, 0.25) is 0 Å². The van der Waals surface area contributed by atoms with Crippen molar-refractivity contribution in [3.05, 3.63) is 56.7 Å². The van der Waals surface area contributed by atoms with E-state index in [0.717, 1.165) is 21.1 Å². The van der Waals surface area contributed by atoms with Gasteiger partial charge in [0.05, 0.1) is 0 Å². The Bertz CT molecular complexity index is 604. The van der Waals surface area contributed by atoms with Gasteiger partial charge in [0.1, 0.15) is 5.75 Å². The maximum atomic E-state index is 13.7. The number of benzene rings is 2. The maximum Gasteiger partial charge on any atom is 0.165 e. The molecule has 0 saturated carbocycles. The molecule has 2 rings (SSSR count). The second-order valence-electron chi connectivity index (χ2n) is 4.21. The van der Waals surface area contributed by atoms with Crippen LogP contribution in [0.2, 0.25) is 0 Å². The van der Waals surface area contributed by atoms with Crippen LogP contribution >= 0.6 is 31.9 Å². The third-order valence-electron chi connectivity index (χ3n) is 2.70. The third-order valence-corrected chi connectivity index (χ3v) is 3.69. The van der Waals surface area contributed by atoms with Gasteiger partial charge in [-0.1, -0.05) is 38.8 Å². The van der Waals surface area contributed by atoms with E-state index in [1.54, 1.807) is 12.1 Å². The van der Waals surface area contributed by atoms with Crippen molar-refractivity contribution in [2.24, 2.45) is 0 Å². The molecule has 0 aliphatic carbocycles. The van der Waals surface area contributed by atoms with Crippen molar-refractivity contribution in [2.45, 2.75) is 13.5 Å². The van der Waals surface area contributed by atoms with Crippen LogP contribution in [0.3, 0.4) is 0 Å². The highest BCUT2D eigenvalue weighted by molar-refractivity contribution is 9.10. The molecule has 2 nitrogen and oxygen atoms in total. The molecule has 0 fully saturated rings. The van der Waals surface area contributed by atoms with Gasteiger partial charge >= 0.3 is 0 Å². The first kappa shape index (κ1) is 15.5. The van der Waals surface area contributed by atoms with Gasteiger partial charge in [-0.3, -0.25) is 0 Å². The summed E-state index contributed by atoms with van der Waals surface area (Å²) in [4.78, 5) is 0. The van der Waals surface area contributed by atoms with Crippen LogP contribution in [0.15, 0.2) is 45.3 Å². The molecule has 106 valence electrons. The molecule has 2 aromatic rings. The molecule has 0 atom stereocenters. The standard InChI is InChI=1S/C15H14Br2FNO/c1-2-19-9-10-7-11(16)4-6-14(10)20-15-8-12(17)3-5-13(15)18/h3-8,19H,2,9H2,1H3. The van der Waals surface area contributed by atoms with Gasteiger partial charge in [-0.2, -0.15) is 0 Å². The Morgan fingerprint density at radius 1 is 1.05 bits per heavy atom. The first-order chi connectivity index (χ1) is 9.60. The van der Waals surface area contributed by atoms with Crippen molar-refractivity contribution in [3.63, 3.8) is 0 Å². The number of rotatable bonds is 5. The summed E-state index contributed by atoms with van der Waals surface area (Å²) in [6.07, 6.45) is 0. The lowest BCUT2D eigenvalue weighted by Gasteiger charge is -2.13. The zero-order valence-corrected chi connectivity index (χ0v) is 14.1. The molecule has 0 aliphatic rings. The van der Waals surface area contributed by atoms with Gasteiger partial charge in [0.25, 0.3) is 0 Å². The molecule has 0 spiro atoms. The van der Waals surface area contributed by atoms with Crippen molar-refractivity contribution in [3.8, 4) is 11.5 Å². The number of nitrogens with one attached hydrogen (secondary N) is 1. The lowest BCUT2D eigenvalue weighted by Crippen LogP contribution is -2.12. The molecule has 0 aliphatic heterocycles. The molecule has 5 heteroatoms. The zero-order valence-electron chi connectivity index (χ0n) is 10.9. The van der Waals surface area contributed by atoms with E-state index in [1.807, 2.05) is 25.1 Å². The fourth-order valence-corrected chi connectivity index (χ4v) is 2.47. The summed E-state index contributed by atoms with van der Waals surface area (Å²) in [5, 5.41) is 3.24. The number of hydrogen-bond acceptors (Lipinski definition) is 2. The van der Waals surface area contributed by atoms with Crippen LogP contribution in [-0.4, -0.2) is 6.54 Å². The van der Waals surface area contributed by atoms with Crippen molar-refractivity contribution in [1.29, 1.82) is 0 Å². The first-order valence-corrected chi connectivity index (χ1v) is 7.81. The fourth-order valence-electron chi connectivity index (χ4n) is 1.72. The van der Waals surface area contributed by atoms with Gasteiger partial charge in [0, 0.05) is 21.1 Å². The topological polar surface area (TPSA) is 21.3 Å². The largest absolute Gasteiger partial charge is 0.454 e. The van der Waals surface area contributed by atoms with Crippen molar-refractivity contribution >= 4 is 31.9 Å². The Morgan fingerprint density at radius 3 is 2.50 bits per heavy atom. The van der Waals surface area contributed by atoms with Crippen LogP contribution < -0.4 is 10.1 Å². The quantitative estimate of drug-likeness (QED) is 0.737. The summed E-state index contributed by atoms with van der Waals surface area (Å²) in [5.74, 6) is 0.469. The van der Waals surface area contributed by atoms with Crippen LogP contribution in [0.1, 0.15) is 12.5 Å². The van der Waals surface area contributed by atoms with Crippen LogP contribution in [0.4, 0.5) is 4.39 Å². The van der Waals surface area contributed by atoms with Crippen molar-refractivity contribution in [1.82, 2.24) is 5.32 Å². The Balaban J connectivity index is 2.30. The van der Waals surface area contributed by atoms with E-state index in [0.29, 0.717) is 12.3 Å². The predicted octanol–water partition coefficient (Wildman–Crippen LogP) is 5.25. The van der Waals surface area contributed by atoms with Crippen molar-refractivity contribution < 1.29 is 9.13 Å². The monoisotopic (exact) mass is 401 g/mol. The van der Waals surface area contributed by atoms with Crippen molar-refractivity contribution in [2.75, 3.05) is 6.54 Å². The molecule has 2 aromatic carbocycles. The third kappa shape index (κ3) is 4.04. The Hall–Kier alpha value is -0.910. The summed E-state index contributed by atoms with van der Waals surface area (Å²) < 4.78 is 21.2. The molecule has 0 unspecified atom stereocenters. The smallest absolute Gasteiger partial charge is 0.165 e.